The number of pyridine rings is 1. The van der Waals surface area contributed by atoms with E-state index in [0.717, 1.165) is 17.0 Å². The third-order valence-electron chi connectivity index (χ3n) is 6.63. The first-order valence-electron chi connectivity index (χ1n) is 12.7. The molecule has 2 aromatic carbocycles. The third kappa shape index (κ3) is 6.41. The van der Waals surface area contributed by atoms with Crippen LogP contribution in [0, 0.1) is 11.6 Å². The molecular formula is C29H28F2N6O4S. The number of nitrogens with two attached hydrogens (primary N) is 1. The number of phenolic OH excluding ortho intramolecular Hbond substituents is 1. The van der Waals surface area contributed by atoms with Crippen LogP contribution in [0.2, 0.25) is 0 Å². The molecule has 2 heterocycles. The molecule has 42 heavy (non-hydrogen) atoms. The number of aliphatic imine (C=N–C) groups is 1. The molecule has 4 N–H and O–H groups in total. The molecule has 13 heteroatoms. The number of carbonyl (C=O) groups excluding carboxylic acids is 3. The van der Waals surface area contributed by atoms with Crippen molar-refractivity contribution in [1.29, 1.82) is 0 Å². The molecule has 0 aliphatic carbocycles. The zero-order valence-corrected chi connectivity index (χ0v) is 23.4. The lowest BCUT2D eigenvalue weighted by Gasteiger charge is -2.42. The summed E-state index contributed by atoms with van der Waals surface area (Å²) in [5.41, 5.74) is 5.09. The molecule has 1 aromatic heterocycles. The van der Waals surface area contributed by atoms with Gasteiger partial charge in [-0.3, -0.25) is 14.4 Å². The molecule has 0 spiro atoms. The van der Waals surface area contributed by atoms with E-state index in [-0.39, 0.29) is 49.2 Å². The maximum absolute atomic E-state index is 15.8. The van der Waals surface area contributed by atoms with Crippen molar-refractivity contribution < 1.29 is 28.3 Å². The SMILES string of the molecule is C=CC(=O)N1CCN(C(=Nc2ccccc2SC)c2cc(F)c(-c3c(O)cccc3F)nc2NC=O)C(CC(N)=O)C1. The van der Waals surface area contributed by atoms with E-state index >= 15 is 4.39 Å². The Bertz CT molecular complexity index is 1550. The summed E-state index contributed by atoms with van der Waals surface area (Å²) in [5, 5.41) is 12.7. The standard InChI is InChI=1S/C29H28F2N6O4S/c1-3-25(41)36-11-12-37(17(15-36)13-24(32)40)29(34-21-8-4-5-10-23(21)42-2)18-14-20(31)27(35-28(18)33-16-38)26-19(30)7-6-9-22(26)39/h3-10,14,16-17,39H,1,11-13,15H2,2H3,(H2,32,40)(H,33,35,38). The van der Waals surface area contributed by atoms with Gasteiger partial charge in [0.2, 0.25) is 18.2 Å². The van der Waals surface area contributed by atoms with Crippen LogP contribution >= 0.6 is 11.8 Å². The molecule has 1 aliphatic heterocycles. The van der Waals surface area contributed by atoms with Gasteiger partial charge in [-0.05, 0) is 42.7 Å². The molecule has 3 aromatic rings. The van der Waals surface area contributed by atoms with Gasteiger partial charge in [-0.2, -0.15) is 0 Å². The molecule has 10 nitrogen and oxygen atoms in total. The second kappa shape index (κ2) is 13.3. The smallest absolute Gasteiger partial charge is 0.246 e. The molecule has 1 unspecified atom stereocenters. The molecule has 1 fully saturated rings. The number of aromatic nitrogens is 1. The molecule has 0 bridgehead atoms. The Morgan fingerprint density at radius 1 is 1.21 bits per heavy atom. The van der Waals surface area contributed by atoms with Crippen molar-refractivity contribution in [1.82, 2.24) is 14.8 Å². The second-order valence-electron chi connectivity index (χ2n) is 9.22. The Morgan fingerprint density at radius 3 is 2.64 bits per heavy atom. The largest absolute Gasteiger partial charge is 0.507 e. The number of hydrogen-bond acceptors (Lipinski definition) is 7. The summed E-state index contributed by atoms with van der Waals surface area (Å²) < 4.78 is 30.5. The fourth-order valence-electron chi connectivity index (χ4n) is 4.73. The highest BCUT2D eigenvalue weighted by molar-refractivity contribution is 7.98. The topological polar surface area (TPSA) is 141 Å². The van der Waals surface area contributed by atoms with Gasteiger partial charge in [0.1, 0.15) is 28.9 Å². The van der Waals surface area contributed by atoms with Crippen molar-refractivity contribution in [3.63, 3.8) is 0 Å². The Morgan fingerprint density at radius 2 is 1.98 bits per heavy atom. The molecular weight excluding hydrogens is 566 g/mol. The van der Waals surface area contributed by atoms with Crippen molar-refractivity contribution in [2.75, 3.05) is 31.2 Å². The van der Waals surface area contributed by atoms with Crippen LogP contribution in [-0.4, -0.2) is 75.9 Å². The zero-order chi connectivity index (χ0) is 30.4. The first-order valence-corrected chi connectivity index (χ1v) is 14.0. The Labute approximate surface area is 244 Å². The molecule has 4 rings (SSSR count). The monoisotopic (exact) mass is 594 g/mol. The summed E-state index contributed by atoms with van der Waals surface area (Å²) in [6.07, 6.45) is 3.18. The lowest BCUT2D eigenvalue weighted by Crippen LogP contribution is -2.57. The van der Waals surface area contributed by atoms with E-state index < -0.39 is 40.6 Å². The highest BCUT2D eigenvalue weighted by atomic mass is 32.2. The lowest BCUT2D eigenvalue weighted by atomic mass is 10.0. The minimum Gasteiger partial charge on any atom is -0.507 e. The van der Waals surface area contributed by atoms with E-state index in [2.05, 4.69) is 16.9 Å². The number of phenols is 1. The van der Waals surface area contributed by atoms with Gasteiger partial charge in [0.15, 0.2) is 5.82 Å². The van der Waals surface area contributed by atoms with Crippen LogP contribution in [0.15, 0.2) is 71.1 Å². The highest BCUT2D eigenvalue weighted by Crippen LogP contribution is 2.36. The summed E-state index contributed by atoms with van der Waals surface area (Å²) in [4.78, 5) is 49.2. The Balaban J connectivity index is 1.96. The van der Waals surface area contributed by atoms with Crippen molar-refractivity contribution >= 4 is 47.3 Å². The number of amidine groups is 1. The quantitative estimate of drug-likeness (QED) is 0.113. The molecule has 0 radical (unpaired) electrons. The maximum atomic E-state index is 15.8. The minimum atomic E-state index is -1.00. The summed E-state index contributed by atoms with van der Waals surface area (Å²) in [7, 11) is 0. The van der Waals surface area contributed by atoms with Crippen LogP contribution in [0.25, 0.3) is 11.3 Å². The minimum absolute atomic E-state index is 0.0213. The summed E-state index contributed by atoms with van der Waals surface area (Å²) >= 11 is 1.42. The van der Waals surface area contributed by atoms with E-state index in [4.69, 9.17) is 10.7 Å². The summed E-state index contributed by atoms with van der Waals surface area (Å²) in [6.45, 7) is 4.00. The lowest BCUT2D eigenvalue weighted by molar-refractivity contribution is -0.129. The number of carbonyl (C=O) groups is 3. The van der Waals surface area contributed by atoms with Crippen LogP contribution in [0.5, 0.6) is 5.75 Å². The first-order chi connectivity index (χ1) is 20.2. The Kier molecular flexibility index (Phi) is 9.53. The summed E-state index contributed by atoms with van der Waals surface area (Å²) in [6, 6.07) is 11.0. The zero-order valence-electron chi connectivity index (χ0n) is 22.6. The van der Waals surface area contributed by atoms with E-state index in [0.29, 0.717) is 12.1 Å². The van der Waals surface area contributed by atoms with Crippen LogP contribution in [-0.2, 0) is 14.4 Å². The number of thioether (sulfide) groups is 1. The van der Waals surface area contributed by atoms with Crippen molar-refractivity contribution in [3.05, 3.63) is 78.4 Å². The highest BCUT2D eigenvalue weighted by Gasteiger charge is 2.34. The maximum Gasteiger partial charge on any atom is 0.246 e. The average molecular weight is 595 g/mol. The van der Waals surface area contributed by atoms with Crippen LogP contribution in [0.3, 0.4) is 0 Å². The fourth-order valence-corrected chi connectivity index (χ4v) is 5.27. The number of halogens is 2. The molecule has 3 amide bonds. The number of nitrogens with one attached hydrogen (secondary N) is 1. The number of amides is 3. The normalized spacial score (nSPS) is 15.3. The number of rotatable bonds is 9. The number of primary amides is 1. The average Bonchev–Trinajstić information content (AvgIpc) is 2.97. The van der Waals surface area contributed by atoms with Crippen molar-refractivity contribution in [2.45, 2.75) is 17.4 Å². The number of anilines is 1. The van der Waals surface area contributed by atoms with Crippen molar-refractivity contribution in [2.24, 2.45) is 10.7 Å². The summed E-state index contributed by atoms with van der Waals surface area (Å²) in [5.74, 6) is -3.47. The number of hydrogen-bond donors (Lipinski definition) is 3. The molecule has 1 saturated heterocycles. The van der Waals surface area contributed by atoms with Gasteiger partial charge >= 0.3 is 0 Å². The number of nitrogens with zero attached hydrogens (tertiary/aromatic N) is 4. The van der Waals surface area contributed by atoms with Gasteiger partial charge in [0.25, 0.3) is 0 Å². The third-order valence-corrected chi connectivity index (χ3v) is 7.42. The molecule has 0 saturated carbocycles. The Hall–Kier alpha value is -4.78. The molecule has 1 atom stereocenters. The van der Waals surface area contributed by atoms with Gasteiger partial charge in [-0.25, -0.2) is 18.8 Å². The van der Waals surface area contributed by atoms with E-state index in [1.807, 2.05) is 18.4 Å². The predicted octanol–water partition coefficient (Wildman–Crippen LogP) is 3.68. The van der Waals surface area contributed by atoms with E-state index in [9.17, 15) is 23.9 Å². The van der Waals surface area contributed by atoms with Gasteiger partial charge < -0.3 is 26.0 Å². The van der Waals surface area contributed by atoms with Gasteiger partial charge in [0, 0.05) is 31.0 Å². The molecule has 1 aliphatic rings. The number of para-hydroxylation sites is 1. The van der Waals surface area contributed by atoms with Crippen LogP contribution < -0.4 is 11.1 Å². The predicted molar refractivity (Wildman–Crippen MR) is 156 cm³/mol. The van der Waals surface area contributed by atoms with Crippen LogP contribution in [0.4, 0.5) is 20.3 Å². The first kappa shape index (κ1) is 30.2. The van der Waals surface area contributed by atoms with Gasteiger partial charge in [-0.1, -0.05) is 24.8 Å². The van der Waals surface area contributed by atoms with Gasteiger partial charge in [0.05, 0.1) is 22.9 Å². The van der Waals surface area contributed by atoms with Gasteiger partial charge in [-0.15, -0.1) is 11.8 Å². The fraction of sp³-hybridized carbons (Fsp3) is 0.207. The van der Waals surface area contributed by atoms with Crippen LogP contribution in [0.1, 0.15) is 12.0 Å². The molecule has 218 valence electrons. The number of aromatic hydroxyl groups is 1. The number of benzene rings is 2. The van der Waals surface area contributed by atoms with E-state index in [1.165, 1.54) is 34.9 Å². The van der Waals surface area contributed by atoms with E-state index in [1.54, 1.807) is 17.0 Å². The second-order valence-corrected chi connectivity index (χ2v) is 10.1. The van der Waals surface area contributed by atoms with Crippen molar-refractivity contribution in [3.8, 4) is 17.0 Å². The number of piperazine rings is 1.